The lowest BCUT2D eigenvalue weighted by Gasteiger charge is -2.36. The second kappa shape index (κ2) is 7.47. The van der Waals surface area contributed by atoms with Gasteiger partial charge in [0.25, 0.3) is 0 Å². The van der Waals surface area contributed by atoms with Crippen molar-refractivity contribution in [3.8, 4) is 5.75 Å². The van der Waals surface area contributed by atoms with Gasteiger partial charge in [0.1, 0.15) is 18.5 Å². The van der Waals surface area contributed by atoms with Crippen molar-refractivity contribution in [2.24, 2.45) is 0 Å². The van der Waals surface area contributed by atoms with Gasteiger partial charge in [0, 0.05) is 30.9 Å². The Bertz CT molecular complexity index is 414. The fourth-order valence-corrected chi connectivity index (χ4v) is 2.43. The SMILES string of the molecule is CCC1COCCN1CC(O)COc1cccc(N)c1. The van der Waals surface area contributed by atoms with Crippen molar-refractivity contribution in [1.82, 2.24) is 4.90 Å². The van der Waals surface area contributed by atoms with Gasteiger partial charge in [-0.1, -0.05) is 13.0 Å². The van der Waals surface area contributed by atoms with Crippen LogP contribution in [0.5, 0.6) is 5.75 Å². The summed E-state index contributed by atoms with van der Waals surface area (Å²) in [6, 6.07) is 7.64. The van der Waals surface area contributed by atoms with Crippen molar-refractivity contribution in [2.75, 3.05) is 38.6 Å². The maximum absolute atomic E-state index is 10.1. The van der Waals surface area contributed by atoms with E-state index in [0.29, 0.717) is 24.0 Å². The van der Waals surface area contributed by atoms with Crippen LogP contribution in [-0.2, 0) is 4.74 Å². The standard InChI is InChI=1S/C15H24N2O3/c1-2-13-10-19-7-6-17(13)9-14(18)11-20-15-5-3-4-12(16)8-15/h3-5,8,13-14,18H,2,6-7,9-11,16H2,1H3. The summed E-state index contributed by atoms with van der Waals surface area (Å²) in [6.45, 7) is 5.38. The minimum absolute atomic E-state index is 0.275. The zero-order valence-electron chi connectivity index (χ0n) is 12.0. The molecule has 20 heavy (non-hydrogen) atoms. The van der Waals surface area contributed by atoms with Crippen molar-refractivity contribution in [3.63, 3.8) is 0 Å². The topological polar surface area (TPSA) is 68.0 Å². The van der Waals surface area contributed by atoms with Gasteiger partial charge in [-0.05, 0) is 18.6 Å². The third-order valence-electron chi connectivity index (χ3n) is 3.57. The van der Waals surface area contributed by atoms with Crippen LogP contribution in [0.25, 0.3) is 0 Å². The van der Waals surface area contributed by atoms with E-state index >= 15 is 0 Å². The summed E-state index contributed by atoms with van der Waals surface area (Å²) < 4.78 is 11.0. The molecule has 112 valence electrons. The minimum atomic E-state index is -0.511. The van der Waals surface area contributed by atoms with Crippen LogP contribution in [0.1, 0.15) is 13.3 Å². The lowest BCUT2D eigenvalue weighted by Crippen LogP contribution is -2.49. The van der Waals surface area contributed by atoms with E-state index in [2.05, 4.69) is 11.8 Å². The van der Waals surface area contributed by atoms with E-state index in [0.717, 1.165) is 26.2 Å². The molecule has 0 aliphatic carbocycles. The molecule has 1 aliphatic heterocycles. The number of aliphatic hydroxyl groups excluding tert-OH is 1. The van der Waals surface area contributed by atoms with Gasteiger partial charge < -0.3 is 20.3 Å². The van der Waals surface area contributed by atoms with Crippen LogP contribution in [0.3, 0.4) is 0 Å². The molecule has 0 amide bonds. The molecule has 0 bridgehead atoms. The van der Waals surface area contributed by atoms with Crippen LogP contribution < -0.4 is 10.5 Å². The van der Waals surface area contributed by atoms with Gasteiger partial charge in [-0.15, -0.1) is 0 Å². The second-order valence-electron chi connectivity index (χ2n) is 5.17. The monoisotopic (exact) mass is 280 g/mol. The first kappa shape index (κ1) is 15.1. The minimum Gasteiger partial charge on any atom is -0.491 e. The summed E-state index contributed by atoms with van der Waals surface area (Å²) in [5.41, 5.74) is 6.35. The Hall–Kier alpha value is -1.30. The predicted molar refractivity (Wildman–Crippen MR) is 78.8 cm³/mol. The summed E-state index contributed by atoms with van der Waals surface area (Å²) in [4.78, 5) is 2.27. The average molecular weight is 280 g/mol. The number of nitrogens with zero attached hydrogens (tertiary/aromatic N) is 1. The maximum Gasteiger partial charge on any atom is 0.121 e. The lowest BCUT2D eigenvalue weighted by atomic mass is 10.1. The molecule has 1 aromatic carbocycles. The number of benzene rings is 1. The van der Waals surface area contributed by atoms with Crippen molar-refractivity contribution >= 4 is 5.69 Å². The Morgan fingerprint density at radius 3 is 3.15 bits per heavy atom. The average Bonchev–Trinajstić information content (AvgIpc) is 2.46. The third-order valence-corrected chi connectivity index (χ3v) is 3.57. The van der Waals surface area contributed by atoms with E-state index in [9.17, 15) is 5.11 Å². The van der Waals surface area contributed by atoms with Crippen LogP contribution in [0.4, 0.5) is 5.69 Å². The molecule has 0 spiro atoms. The smallest absolute Gasteiger partial charge is 0.121 e. The van der Waals surface area contributed by atoms with E-state index in [1.54, 1.807) is 6.07 Å². The maximum atomic E-state index is 10.1. The molecule has 1 heterocycles. The Morgan fingerprint density at radius 1 is 1.55 bits per heavy atom. The first-order chi connectivity index (χ1) is 9.69. The molecule has 0 saturated carbocycles. The van der Waals surface area contributed by atoms with Crippen LogP contribution in [-0.4, -0.2) is 55.1 Å². The van der Waals surface area contributed by atoms with E-state index in [1.165, 1.54) is 0 Å². The number of hydrogen-bond acceptors (Lipinski definition) is 5. The zero-order valence-corrected chi connectivity index (χ0v) is 12.0. The Morgan fingerprint density at radius 2 is 2.40 bits per heavy atom. The molecule has 2 unspecified atom stereocenters. The van der Waals surface area contributed by atoms with Gasteiger partial charge in [0.05, 0.1) is 13.2 Å². The number of nitrogens with two attached hydrogens (primary N) is 1. The number of rotatable bonds is 6. The Kier molecular flexibility index (Phi) is 5.64. The lowest BCUT2D eigenvalue weighted by molar-refractivity contribution is -0.0333. The zero-order chi connectivity index (χ0) is 14.4. The van der Waals surface area contributed by atoms with Crippen LogP contribution in [0.15, 0.2) is 24.3 Å². The Balaban J connectivity index is 1.78. The summed E-state index contributed by atoms with van der Waals surface area (Å²) in [7, 11) is 0. The summed E-state index contributed by atoms with van der Waals surface area (Å²) in [5.74, 6) is 0.693. The van der Waals surface area contributed by atoms with Crippen LogP contribution in [0, 0.1) is 0 Å². The molecule has 5 heteroatoms. The highest BCUT2D eigenvalue weighted by Crippen LogP contribution is 2.15. The summed E-state index contributed by atoms with van der Waals surface area (Å²) in [5, 5.41) is 10.1. The highest BCUT2D eigenvalue weighted by molar-refractivity contribution is 5.43. The summed E-state index contributed by atoms with van der Waals surface area (Å²) >= 11 is 0. The molecule has 2 atom stereocenters. The first-order valence-corrected chi connectivity index (χ1v) is 7.17. The van der Waals surface area contributed by atoms with Crippen molar-refractivity contribution in [3.05, 3.63) is 24.3 Å². The molecule has 2 rings (SSSR count). The molecule has 1 saturated heterocycles. The first-order valence-electron chi connectivity index (χ1n) is 7.17. The van der Waals surface area contributed by atoms with Crippen molar-refractivity contribution in [1.29, 1.82) is 0 Å². The van der Waals surface area contributed by atoms with Gasteiger partial charge >= 0.3 is 0 Å². The molecule has 1 aliphatic rings. The fraction of sp³-hybridized carbons (Fsp3) is 0.600. The van der Waals surface area contributed by atoms with Gasteiger partial charge in [0.15, 0.2) is 0 Å². The van der Waals surface area contributed by atoms with Crippen LogP contribution >= 0.6 is 0 Å². The van der Waals surface area contributed by atoms with Crippen molar-refractivity contribution in [2.45, 2.75) is 25.5 Å². The number of hydrogen-bond donors (Lipinski definition) is 2. The van der Waals surface area contributed by atoms with Gasteiger partial charge in [-0.25, -0.2) is 0 Å². The molecule has 0 radical (unpaired) electrons. The number of morpholine rings is 1. The van der Waals surface area contributed by atoms with Gasteiger partial charge in [0.2, 0.25) is 0 Å². The van der Waals surface area contributed by atoms with E-state index in [4.69, 9.17) is 15.2 Å². The number of aliphatic hydroxyl groups is 1. The number of nitrogen functional groups attached to an aromatic ring is 1. The Labute approximate surface area is 120 Å². The fourth-order valence-electron chi connectivity index (χ4n) is 2.43. The van der Waals surface area contributed by atoms with Gasteiger partial charge in [-0.2, -0.15) is 0 Å². The van der Waals surface area contributed by atoms with Gasteiger partial charge in [-0.3, -0.25) is 4.90 Å². The van der Waals surface area contributed by atoms with E-state index in [-0.39, 0.29) is 6.61 Å². The normalized spacial score (nSPS) is 21.6. The molecule has 3 N–H and O–H groups in total. The molecular weight excluding hydrogens is 256 g/mol. The third kappa shape index (κ3) is 4.37. The second-order valence-corrected chi connectivity index (χ2v) is 5.17. The van der Waals surface area contributed by atoms with Crippen LogP contribution in [0.2, 0.25) is 0 Å². The highest BCUT2D eigenvalue weighted by Gasteiger charge is 2.23. The van der Waals surface area contributed by atoms with E-state index < -0.39 is 6.10 Å². The highest BCUT2D eigenvalue weighted by atomic mass is 16.5. The molecule has 1 fully saturated rings. The van der Waals surface area contributed by atoms with Crippen molar-refractivity contribution < 1.29 is 14.6 Å². The summed E-state index contributed by atoms with van der Waals surface area (Å²) in [6.07, 6.45) is 0.520. The predicted octanol–water partition coefficient (Wildman–Crippen LogP) is 1.12. The number of anilines is 1. The number of β-amino-alcohol motifs (C(OH)–C–C–N with tert-alkyl or cyclic N) is 1. The van der Waals surface area contributed by atoms with E-state index in [1.807, 2.05) is 18.2 Å². The quantitative estimate of drug-likeness (QED) is 0.764. The molecule has 5 nitrogen and oxygen atoms in total. The largest absolute Gasteiger partial charge is 0.491 e. The number of ether oxygens (including phenoxy) is 2. The molecule has 0 aromatic heterocycles. The molecular formula is C15H24N2O3. The molecule has 1 aromatic rings.